The van der Waals surface area contributed by atoms with Crippen LogP contribution in [0.4, 0.5) is 11.4 Å². The molecule has 2 rings (SSSR count). The highest BCUT2D eigenvalue weighted by molar-refractivity contribution is 7.80. The Morgan fingerprint density at radius 3 is 2.36 bits per heavy atom. The summed E-state index contributed by atoms with van der Waals surface area (Å²) in [5, 5.41) is 6.44. The first-order chi connectivity index (χ1) is 11.8. The van der Waals surface area contributed by atoms with Gasteiger partial charge in [-0.25, -0.2) is 0 Å². The van der Waals surface area contributed by atoms with Gasteiger partial charge in [0.25, 0.3) is 0 Å². The summed E-state index contributed by atoms with van der Waals surface area (Å²) in [5.74, 6) is -0.176. The molecule has 0 aliphatic carbocycles. The lowest BCUT2D eigenvalue weighted by Gasteiger charge is -2.36. The number of hydrogen-bond acceptors (Lipinski definition) is 4. The van der Waals surface area contributed by atoms with Gasteiger partial charge in [-0.05, 0) is 30.4 Å². The number of carbonyl (C=O) groups excluding carboxylic acids is 2. The normalized spacial score (nSPS) is 14.4. The predicted molar refractivity (Wildman–Crippen MR) is 105 cm³/mol. The first kappa shape index (κ1) is 19.5. The highest BCUT2D eigenvalue weighted by atomic mass is 35.5. The number of carbonyl (C=O) groups is 2. The third-order valence-corrected chi connectivity index (χ3v) is 4.54. The van der Waals surface area contributed by atoms with Crippen molar-refractivity contribution >= 4 is 52.1 Å². The molecule has 8 heteroatoms. The van der Waals surface area contributed by atoms with Crippen LogP contribution in [0.3, 0.4) is 0 Å². The average Bonchev–Trinajstić information content (AvgIpc) is 2.54. The average molecular weight is 383 g/mol. The molecule has 1 aromatic carbocycles. The number of nitrogens with one attached hydrogen (secondary N) is 2. The van der Waals surface area contributed by atoms with Gasteiger partial charge in [-0.3, -0.25) is 9.59 Å². The van der Waals surface area contributed by atoms with Crippen molar-refractivity contribution < 1.29 is 9.59 Å². The zero-order valence-electron chi connectivity index (χ0n) is 14.6. The maximum Gasteiger partial charge on any atom is 0.228 e. The first-order valence-electron chi connectivity index (χ1n) is 8.19. The zero-order chi connectivity index (χ0) is 18.6. The Morgan fingerprint density at radius 1 is 1.20 bits per heavy atom. The number of anilines is 2. The maximum absolute atomic E-state index is 11.6. The van der Waals surface area contributed by atoms with Crippen molar-refractivity contribution in [2.24, 2.45) is 5.92 Å². The molecule has 0 bridgehead atoms. The van der Waals surface area contributed by atoms with Crippen molar-refractivity contribution in [3.63, 3.8) is 0 Å². The molecule has 6 nitrogen and oxygen atoms in total. The van der Waals surface area contributed by atoms with Crippen LogP contribution in [-0.2, 0) is 9.59 Å². The Kier molecular flexibility index (Phi) is 6.61. The summed E-state index contributed by atoms with van der Waals surface area (Å²) >= 11 is 11.5. The molecule has 0 spiro atoms. The Labute approximate surface area is 158 Å². The van der Waals surface area contributed by atoms with Crippen LogP contribution in [0.2, 0.25) is 5.02 Å². The van der Waals surface area contributed by atoms with E-state index in [-0.39, 0.29) is 22.8 Å². The highest BCUT2D eigenvalue weighted by Crippen LogP contribution is 2.29. The van der Waals surface area contributed by atoms with Crippen molar-refractivity contribution in [1.29, 1.82) is 0 Å². The molecule has 0 atom stereocenters. The molecular weight excluding hydrogens is 360 g/mol. The Balaban J connectivity index is 1.98. The Hall–Kier alpha value is -1.86. The first-order valence-corrected chi connectivity index (χ1v) is 8.98. The molecule has 0 unspecified atom stereocenters. The van der Waals surface area contributed by atoms with E-state index in [0.29, 0.717) is 23.8 Å². The van der Waals surface area contributed by atoms with Crippen LogP contribution in [0.1, 0.15) is 20.8 Å². The summed E-state index contributed by atoms with van der Waals surface area (Å²) in [6.07, 6.45) is 0. The van der Waals surface area contributed by atoms with E-state index in [2.05, 4.69) is 15.5 Å². The number of nitrogens with zero attached hydrogens (tertiary/aromatic N) is 2. The van der Waals surface area contributed by atoms with Gasteiger partial charge in [0.05, 0.1) is 10.7 Å². The highest BCUT2D eigenvalue weighted by Gasteiger charge is 2.20. The van der Waals surface area contributed by atoms with Crippen LogP contribution in [0.5, 0.6) is 0 Å². The van der Waals surface area contributed by atoms with Gasteiger partial charge in [0.1, 0.15) is 0 Å². The molecule has 1 saturated heterocycles. The van der Waals surface area contributed by atoms with E-state index >= 15 is 0 Å². The summed E-state index contributed by atoms with van der Waals surface area (Å²) in [6, 6.07) is 5.56. The van der Waals surface area contributed by atoms with Crippen molar-refractivity contribution in [2.45, 2.75) is 20.8 Å². The van der Waals surface area contributed by atoms with Crippen LogP contribution in [0.15, 0.2) is 18.2 Å². The molecule has 0 radical (unpaired) electrons. The fraction of sp³-hybridized carbons (Fsp3) is 0.471. The molecule has 0 saturated carbocycles. The van der Waals surface area contributed by atoms with E-state index in [9.17, 15) is 9.59 Å². The molecule has 1 aliphatic heterocycles. The number of amides is 2. The van der Waals surface area contributed by atoms with Crippen molar-refractivity contribution in [1.82, 2.24) is 10.2 Å². The van der Waals surface area contributed by atoms with Gasteiger partial charge in [-0.1, -0.05) is 25.4 Å². The van der Waals surface area contributed by atoms with E-state index in [4.69, 9.17) is 23.8 Å². The van der Waals surface area contributed by atoms with E-state index in [1.165, 1.54) is 0 Å². The smallest absolute Gasteiger partial charge is 0.228 e. The van der Waals surface area contributed by atoms with Crippen molar-refractivity contribution in [3.05, 3.63) is 23.2 Å². The van der Waals surface area contributed by atoms with Gasteiger partial charge in [0, 0.05) is 44.7 Å². The van der Waals surface area contributed by atoms with Crippen molar-refractivity contribution in [2.75, 3.05) is 36.4 Å². The van der Waals surface area contributed by atoms with Gasteiger partial charge in [-0.2, -0.15) is 0 Å². The zero-order valence-corrected chi connectivity index (χ0v) is 16.2. The standard InChI is InChI=1S/C17H23ClN4O2S/c1-11(2)16(24)20-17(25)19-13-4-5-15(14(18)10-13)22-8-6-21(7-9-22)12(3)23/h4-5,10-11H,6-9H2,1-3H3,(H2,19,20,24,25). The SMILES string of the molecule is CC(=O)N1CCN(c2ccc(NC(=S)NC(=O)C(C)C)cc2Cl)CC1. The van der Waals surface area contributed by atoms with E-state index < -0.39 is 0 Å². The third-order valence-electron chi connectivity index (χ3n) is 4.03. The molecule has 1 aromatic rings. The topological polar surface area (TPSA) is 64.7 Å². The third kappa shape index (κ3) is 5.31. The molecule has 1 aliphatic rings. The van der Waals surface area contributed by atoms with Gasteiger partial charge >= 0.3 is 0 Å². The number of benzene rings is 1. The van der Waals surface area contributed by atoms with Gasteiger partial charge in [0.2, 0.25) is 11.8 Å². The van der Waals surface area contributed by atoms with E-state index in [1.807, 2.05) is 17.0 Å². The molecule has 25 heavy (non-hydrogen) atoms. The number of piperazine rings is 1. The largest absolute Gasteiger partial charge is 0.367 e. The second-order valence-electron chi connectivity index (χ2n) is 6.26. The fourth-order valence-corrected chi connectivity index (χ4v) is 3.04. The maximum atomic E-state index is 11.6. The van der Waals surface area contributed by atoms with Crippen molar-refractivity contribution in [3.8, 4) is 0 Å². The molecule has 136 valence electrons. The summed E-state index contributed by atoms with van der Waals surface area (Å²) in [6.45, 7) is 8.06. The minimum absolute atomic E-state index is 0.0993. The lowest BCUT2D eigenvalue weighted by atomic mass is 10.2. The summed E-state index contributed by atoms with van der Waals surface area (Å²) < 4.78 is 0. The number of thiocarbonyl (C=S) groups is 1. The van der Waals surface area contributed by atoms with Gasteiger partial charge in [-0.15, -0.1) is 0 Å². The lowest BCUT2D eigenvalue weighted by molar-refractivity contribution is -0.129. The van der Waals surface area contributed by atoms with E-state index in [0.717, 1.165) is 18.8 Å². The molecule has 1 heterocycles. The van der Waals surface area contributed by atoms with E-state index in [1.54, 1.807) is 26.8 Å². The fourth-order valence-electron chi connectivity index (χ4n) is 2.52. The summed E-state index contributed by atoms with van der Waals surface area (Å²) in [4.78, 5) is 27.0. The predicted octanol–water partition coefficient (Wildman–Crippen LogP) is 2.48. The second-order valence-corrected chi connectivity index (χ2v) is 7.07. The monoisotopic (exact) mass is 382 g/mol. The molecular formula is C17H23ClN4O2S. The Bertz CT molecular complexity index is 673. The van der Waals surface area contributed by atoms with Crippen LogP contribution >= 0.6 is 23.8 Å². The molecule has 1 fully saturated rings. The summed E-state index contributed by atoms with van der Waals surface area (Å²) in [7, 11) is 0. The Morgan fingerprint density at radius 2 is 1.84 bits per heavy atom. The minimum Gasteiger partial charge on any atom is -0.367 e. The van der Waals surface area contributed by atoms with Gasteiger partial charge < -0.3 is 20.4 Å². The number of halogens is 1. The van der Waals surface area contributed by atoms with Crippen LogP contribution in [0, 0.1) is 5.92 Å². The molecule has 2 amide bonds. The summed E-state index contributed by atoms with van der Waals surface area (Å²) in [5.41, 5.74) is 1.64. The van der Waals surface area contributed by atoms with Crippen LogP contribution in [-0.4, -0.2) is 48.0 Å². The quantitative estimate of drug-likeness (QED) is 0.786. The van der Waals surface area contributed by atoms with Crippen LogP contribution in [0.25, 0.3) is 0 Å². The number of hydrogen-bond donors (Lipinski definition) is 2. The number of rotatable bonds is 3. The molecule has 0 aromatic heterocycles. The van der Waals surface area contributed by atoms with Gasteiger partial charge in [0.15, 0.2) is 5.11 Å². The lowest BCUT2D eigenvalue weighted by Crippen LogP contribution is -2.48. The minimum atomic E-state index is -0.139. The van der Waals surface area contributed by atoms with Crippen LogP contribution < -0.4 is 15.5 Å². The molecule has 2 N–H and O–H groups in total. The second kappa shape index (κ2) is 8.49.